The molecular weight excluding hydrogens is 409 g/mol. The van der Waals surface area contributed by atoms with Crippen LogP contribution in [0.2, 0.25) is 0 Å². The Labute approximate surface area is 156 Å². The SMILES string of the molecule is Cc1ccc(Nc2ncc(C(F)(F)F)c(Nc3cccc(Br)c3)n2)cc1. The fraction of sp³-hybridized carbons (Fsp3) is 0.111. The number of hydrogen-bond donors (Lipinski definition) is 2. The van der Waals surface area contributed by atoms with Gasteiger partial charge < -0.3 is 10.6 Å². The molecule has 0 fully saturated rings. The number of benzene rings is 2. The van der Waals surface area contributed by atoms with Gasteiger partial charge in [-0.3, -0.25) is 0 Å². The number of aryl methyl sites for hydroxylation is 1. The molecule has 0 aliphatic rings. The molecule has 0 aliphatic heterocycles. The molecular formula is C18H14BrF3N4. The Balaban J connectivity index is 1.94. The smallest absolute Gasteiger partial charge is 0.340 e. The van der Waals surface area contributed by atoms with E-state index in [0.29, 0.717) is 11.4 Å². The zero-order chi connectivity index (χ0) is 18.7. The summed E-state index contributed by atoms with van der Waals surface area (Å²) in [6, 6.07) is 14.2. The van der Waals surface area contributed by atoms with Crippen LogP contribution in [0, 0.1) is 6.92 Å². The lowest BCUT2D eigenvalue weighted by Crippen LogP contribution is -2.12. The van der Waals surface area contributed by atoms with Crippen LogP contribution < -0.4 is 10.6 Å². The Morgan fingerprint density at radius 1 is 0.962 bits per heavy atom. The van der Waals surface area contributed by atoms with Crippen molar-refractivity contribution in [2.45, 2.75) is 13.1 Å². The van der Waals surface area contributed by atoms with Gasteiger partial charge in [0.05, 0.1) is 0 Å². The number of alkyl halides is 3. The highest BCUT2D eigenvalue weighted by Gasteiger charge is 2.35. The standard InChI is InChI=1S/C18H14BrF3N4/c1-11-5-7-13(8-6-11)25-17-23-10-15(18(20,21)22)16(26-17)24-14-4-2-3-12(19)9-14/h2-10H,1H3,(H2,23,24,25,26). The van der Waals surface area contributed by atoms with Gasteiger partial charge in [-0.2, -0.15) is 18.2 Å². The molecule has 134 valence electrons. The van der Waals surface area contributed by atoms with Crippen molar-refractivity contribution in [1.82, 2.24) is 9.97 Å². The molecule has 0 saturated carbocycles. The first-order chi connectivity index (χ1) is 12.3. The molecule has 0 amide bonds. The normalized spacial score (nSPS) is 11.3. The first-order valence-corrected chi connectivity index (χ1v) is 8.41. The maximum Gasteiger partial charge on any atom is 0.421 e. The average Bonchev–Trinajstić information content (AvgIpc) is 2.56. The van der Waals surface area contributed by atoms with E-state index in [1.165, 1.54) is 0 Å². The zero-order valence-electron chi connectivity index (χ0n) is 13.6. The van der Waals surface area contributed by atoms with Crippen molar-refractivity contribution in [2.75, 3.05) is 10.6 Å². The van der Waals surface area contributed by atoms with Gasteiger partial charge >= 0.3 is 6.18 Å². The summed E-state index contributed by atoms with van der Waals surface area (Å²) in [6.07, 6.45) is -3.80. The Bertz CT molecular complexity index is 911. The van der Waals surface area contributed by atoms with Gasteiger partial charge in [0.15, 0.2) is 0 Å². The Kier molecular flexibility index (Phi) is 5.13. The second kappa shape index (κ2) is 7.33. The minimum absolute atomic E-state index is 0.0688. The van der Waals surface area contributed by atoms with Crippen LogP contribution in [0.1, 0.15) is 11.1 Å². The van der Waals surface area contributed by atoms with E-state index in [0.717, 1.165) is 16.2 Å². The van der Waals surface area contributed by atoms with Crippen molar-refractivity contribution in [1.29, 1.82) is 0 Å². The van der Waals surface area contributed by atoms with E-state index in [4.69, 9.17) is 0 Å². The first kappa shape index (κ1) is 18.2. The van der Waals surface area contributed by atoms with E-state index in [2.05, 4.69) is 36.5 Å². The molecule has 0 bridgehead atoms. The first-order valence-electron chi connectivity index (χ1n) is 7.62. The fourth-order valence-corrected chi connectivity index (χ4v) is 2.61. The molecule has 2 N–H and O–H groups in total. The molecule has 3 aromatic rings. The fourth-order valence-electron chi connectivity index (χ4n) is 2.21. The maximum atomic E-state index is 13.3. The summed E-state index contributed by atoms with van der Waals surface area (Å²) < 4.78 is 40.6. The van der Waals surface area contributed by atoms with Crippen molar-refractivity contribution in [3.8, 4) is 0 Å². The average molecular weight is 423 g/mol. The minimum atomic E-state index is -4.57. The zero-order valence-corrected chi connectivity index (χ0v) is 15.2. The van der Waals surface area contributed by atoms with E-state index in [9.17, 15) is 13.2 Å². The lowest BCUT2D eigenvalue weighted by molar-refractivity contribution is -0.137. The molecule has 8 heteroatoms. The van der Waals surface area contributed by atoms with E-state index in [1.807, 2.05) is 19.1 Å². The van der Waals surface area contributed by atoms with Crippen molar-refractivity contribution < 1.29 is 13.2 Å². The molecule has 26 heavy (non-hydrogen) atoms. The van der Waals surface area contributed by atoms with Crippen LogP contribution >= 0.6 is 15.9 Å². The van der Waals surface area contributed by atoms with E-state index >= 15 is 0 Å². The third-order valence-electron chi connectivity index (χ3n) is 3.49. The number of nitrogens with one attached hydrogen (secondary N) is 2. The van der Waals surface area contributed by atoms with E-state index in [-0.39, 0.29) is 11.8 Å². The summed E-state index contributed by atoms with van der Waals surface area (Å²) in [5.41, 5.74) is 1.29. The summed E-state index contributed by atoms with van der Waals surface area (Å²) in [5, 5.41) is 5.62. The van der Waals surface area contributed by atoms with Crippen LogP contribution in [0.3, 0.4) is 0 Å². The van der Waals surface area contributed by atoms with Gasteiger partial charge in [0.25, 0.3) is 0 Å². The topological polar surface area (TPSA) is 49.8 Å². The highest BCUT2D eigenvalue weighted by atomic mass is 79.9. The number of halogens is 4. The molecule has 2 aromatic carbocycles. The Morgan fingerprint density at radius 2 is 1.69 bits per heavy atom. The highest BCUT2D eigenvalue weighted by molar-refractivity contribution is 9.10. The molecule has 4 nitrogen and oxygen atoms in total. The molecule has 0 atom stereocenters. The third-order valence-corrected chi connectivity index (χ3v) is 3.98. The molecule has 1 heterocycles. The molecule has 0 aliphatic carbocycles. The second-order valence-corrected chi connectivity index (χ2v) is 6.50. The van der Waals surface area contributed by atoms with E-state index < -0.39 is 11.7 Å². The lowest BCUT2D eigenvalue weighted by Gasteiger charge is -2.15. The number of aromatic nitrogens is 2. The van der Waals surface area contributed by atoms with Crippen LogP contribution in [-0.4, -0.2) is 9.97 Å². The third kappa shape index (κ3) is 4.51. The van der Waals surface area contributed by atoms with Crippen molar-refractivity contribution in [3.05, 3.63) is 70.3 Å². The minimum Gasteiger partial charge on any atom is -0.340 e. The summed E-state index contributed by atoms with van der Waals surface area (Å²) in [4.78, 5) is 7.80. The largest absolute Gasteiger partial charge is 0.421 e. The van der Waals surface area contributed by atoms with Gasteiger partial charge in [0.2, 0.25) is 5.95 Å². The van der Waals surface area contributed by atoms with Gasteiger partial charge in [-0.05, 0) is 37.3 Å². The quantitative estimate of drug-likeness (QED) is 0.536. The van der Waals surface area contributed by atoms with Gasteiger partial charge in [0.1, 0.15) is 11.4 Å². The second-order valence-electron chi connectivity index (χ2n) is 5.58. The summed E-state index contributed by atoms with van der Waals surface area (Å²) >= 11 is 3.29. The Morgan fingerprint density at radius 3 is 2.35 bits per heavy atom. The molecule has 0 spiro atoms. The molecule has 0 radical (unpaired) electrons. The monoisotopic (exact) mass is 422 g/mol. The molecule has 0 unspecified atom stereocenters. The molecule has 3 rings (SSSR count). The van der Waals surface area contributed by atoms with Crippen molar-refractivity contribution >= 4 is 39.1 Å². The van der Waals surface area contributed by atoms with Crippen LogP contribution in [0.5, 0.6) is 0 Å². The van der Waals surface area contributed by atoms with Crippen LogP contribution in [0.25, 0.3) is 0 Å². The van der Waals surface area contributed by atoms with Crippen molar-refractivity contribution in [3.63, 3.8) is 0 Å². The summed E-state index contributed by atoms with van der Waals surface area (Å²) in [7, 11) is 0. The van der Waals surface area contributed by atoms with Crippen LogP contribution in [-0.2, 0) is 6.18 Å². The highest BCUT2D eigenvalue weighted by Crippen LogP contribution is 2.35. The van der Waals surface area contributed by atoms with Crippen molar-refractivity contribution in [2.24, 2.45) is 0 Å². The van der Waals surface area contributed by atoms with Crippen LogP contribution in [0.4, 0.5) is 36.3 Å². The van der Waals surface area contributed by atoms with Crippen LogP contribution in [0.15, 0.2) is 59.2 Å². The molecule has 1 aromatic heterocycles. The van der Waals surface area contributed by atoms with Gasteiger partial charge in [0, 0.05) is 22.0 Å². The number of hydrogen-bond acceptors (Lipinski definition) is 4. The number of rotatable bonds is 4. The van der Waals surface area contributed by atoms with Gasteiger partial charge in [-0.25, -0.2) is 4.98 Å². The predicted octanol–water partition coefficient (Wildman–Crippen LogP) is 6.05. The van der Waals surface area contributed by atoms with Gasteiger partial charge in [-0.1, -0.05) is 39.7 Å². The maximum absolute atomic E-state index is 13.3. The number of anilines is 4. The van der Waals surface area contributed by atoms with Gasteiger partial charge in [-0.15, -0.1) is 0 Å². The predicted molar refractivity (Wildman–Crippen MR) is 98.9 cm³/mol. The number of nitrogens with zero attached hydrogens (tertiary/aromatic N) is 2. The summed E-state index contributed by atoms with van der Waals surface area (Å²) in [6.45, 7) is 1.94. The lowest BCUT2D eigenvalue weighted by atomic mass is 10.2. The Hall–Kier alpha value is -2.61. The van der Waals surface area contributed by atoms with E-state index in [1.54, 1.807) is 36.4 Å². The molecule has 0 saturated heterocycles. The summed E-state index contributed by atoms with van der Waals surface area (Å²) in [5.74, 6) is -0.250.